The topological polar surface area (TPSA) is 61.8 Å². The molecule has 0 radical (unpaired) electrons. The number of carbonyl (C=O) groups is 1. The molecule has 0 unspecified atom stereocenters. The zero-order chi connectivity index (χ0) is 20.1. The Hall–Kier alpha value is -2.93. The molecule has 0 aliphatic carbocycles. The lowest BCUT2D eigenvalue weighted by molar-refractivity contribution is -0.126. The molecule has 29 heavy (non-hydrogen) atoms. The van der Waals surface area contributed by atoms with Crippen LogP contribution < -0.4 is 9.80 Å². The lowest BCUT2D eigenvalue weighted by Crippen LogP contribution is -2.48. The maximum Gasteiger partial charge on any atom is 0.246 e. The van der Waals surface area contributed by atoms with E-state index in [9.17, 15) is 4.79 Å². The SMILES string of the molecule is Cc1ccccc1/C=C/C(=O)N1CCN(c2cnnc(N3CCOCC3)c2)CC1. The number of hydrogen-bond acceptors (Lipinski definition) is 6. The van der Waals surface area contributed by atoms with Crippen molar-refractivity contribution in [2.45, 2.75) is 6.92 Å². The van der Waals surface area contributed by atoms with Gasteiger partial charge in [-0.1, -0.05) is 24.3 Å². The van der Waals surface area contributed by atoms with Gasteiger partial charge in [0.2, 0.25) is 5.91 Å². The summed E-state index contributed by atoms with van der Waals surface area (Å²) in [6.07, 6.45) is 5.40. The molecule has 2 aliphatic rings. The van der Waals surface area contributed by atoms with E-state index in [0.717, 1.165) is 56.5 Å². The Balaban J connectivity index is 1.34. The van der Waals surface area contributed by atoms with E-state index in [2.05, 4.69) is 39.1 Å². The highest BCUT2D eigenvalue weighted by molar-refractivity contribution is 5.92. The second-order valence-electron chi connectivity index (χ2n) is 7.37. The smallest absolute Gasteiger partial charge is 0.246 e. The van der Waals surface area contributed by atoms with Crippen LogP contribution in [0.25, 0.3) is 6.08 Å². The first kappa shape index (κ1) is 19.4. The quantitative estimate of drug-likeness (QED) is 0.741. The summed E-state index contributed by atoms with van der Waals surface area (Å²) in [6, 6.07) is 10.2. The predicted molar refractivity (Wildman–Crippen MR) is 114 cm³/mol. The lowest BCUT2D eigenvalue weighted by atomic mass is 10.1. The first-order valence-corrected chi connectivity index (χ1v) is 10.1. The molecule has 7 heteroatoms. The van der Waals surface area contributed by atoms with Crippen molar-refractivity contribution in [1.29, 1.82) is 0 Å². The summed E-state index contributed by atoms with van der Waals surface area (Å²) in [5, 5.41) is 8.48. The van der Waals surface area contributed by atoms with Crippen molar-refractivity contribution in [2.75, 3.05) is 62.3 Å². The normalized spacial score (nSPS) is 17.8. The minimum Gasteiger partial charge on any atom is -0.378 e. The van der Waals surface area contributed by atoms with Gasteiger partial charge in [-0.15, -0.1) is 5.10 Å². The van der Waals surface area contributed by atoms with Crippen molar-refractivity contribution in [3.63, 3.8) is 0 Å². The van der Waals surface area contributed by atoms with Crippen LogP contribution in [0.2, 0.25) is 0 Å². The van der Waals surface area contributed by atoms with Gasteiger partial charge in [0.1, 0.15) is 0 Å². The predicted octanol–water partition coefficient (Wildman–Crippen LogP) is 1.98. The average molecular weight is 393 g/mol. The molecule has 0 spiro atoms. The number of rotatable bonds is 4. The number of anilines is 2. The van der Waals surface area contributed by atoms with Crippen molar-refractivity contribution in [1.82, 2.24) is 15.1 Å². The molecule has 7 nitrogen and oxygen atoms in total. The number of nitrogens with zero attached hydrogens (tertiary/aromatic N) is 5. The van der Waals surface area contributed by atoms with E-state index in [0.29, 0.717) is 13.1 Å². The minimum atomic E-state index is 0.0646. The molecule has 2 saturated heterocycles. The van der Waals surface area contributed by atoms with Crippen LogP contribution in [0, 0.1) is 6.92 Å². The number of piperazine rings is 1. The van der Waals surface area contributed by atoms with Gasteiger partial charge in [0.25, 0.3) is 0 Å². The van der Waals surface area contributed by atoms with Crippen LogP contribution in [-0.4, -0.2) is 73.5 Å². The largest absolute Gasteiger partial charge is 0.378 e. The van der Waals surface area contributed by atoms with Crippen LogP contribution in [0.5, 0.6) is 0 Å². The maximum absolute atomic E-state index is 12.6. The van der Waals surface area contributed by atoms with Gasteiger partial charge < -0.3 is 19.4 Å². The van der Waals surface area contributed by atoms with E-state index in [1.54, 1.807) is 12.3 Å². The second-order valence-corrected chi connectivity index (χ2v) is 7.37. The third-order valence-corrected chi connectivity index (χ3v) is 5.51. The van der Waals surface area contributed by atoms with E-state index in [1.807, 2.05) is 29.2 Å². The minimum absolute atomic E-state index is 0.0646. The molecule has 0 N–H and O–H groups in total. The molecule has 4 rings (SSSR count). The van der Waals surface area contributed by atoms with Crippen LogP contribution in [0.15, 0.2) is 42.6 Å². The molecule has 2 aliphatic heterocycles. The van der Waals surface area contributed by atoms with E-state index in [1.165, 1.54) is 5.56 Å². The van der Waals surface area contributed by atoms with E-state index in [4.69, 9.17) is 4.74 Å². The van der Waals surface area contributed by atoms with Crippen LogP contribution >= 0.6 is 0 Å². The third-order valence-electron chi connectivity index (χ3n) is 5.51. The van der Waals surface area contributed by atoms with Crippen molar-refractivity contribution < 1.29 is 9.53 Å². The van der Waals surface area contributed by atoms with Crippen LogP contribution in [0.4, 0.5) is 11.5 Å². The summed E-state index contributed by atoms with van der Waals surface area (Å²) in [6.45, 7) is 8.16. The summed E-state index contributed by atoms with van der Waals surface area (Å²) in [4.78, 5) is 18.9. The molecular weight excluding hydrogens is 366 g/mol. The monoisotopic (exact) mass is 393 g/mol. The lowest BCUT2D eigenvalue weighted by Gasteiger charge is -2.36. The number of aryl methyl sites for hydroxylation is 1. The van der Waals surface area contributed by atoms with Gasteiger partial charge in [-0.25, -0.2) is 0 Å². The summed E-state index contributed by atoms with van der Waals surface area (Å²) in [7, 11) is 0. The molecule has 1 aromatic carbocycles. The number of ether oxygens (including phenoxy) is 1. The molecule has 0 atom stereocenters. The zero-order valence-electron chi connectivity index (χ0n) is 16.8. The Kier molecular flexibility index (Phi) is 6.05. The molecule has 152 valence electrons. The molecule has 3 heterocycles. The van der Waals surface area contributed by atoms with Crippen LogP contribution in [0.1, 0.15) is 11.1 Å². The summed E-state index contributed by atoms with van der Waals surface area (Å²) in [5.74, 6) is 0.959. The molecule has 2 aromatic rings. The fourth-order valence-electron chi connectivity index (χ4n) is 3.69. The molecule has 1 aromatic heterocycles. The van der Waals surface area contributed by atoms with Gasteiger partial charge in [0.15, 0.2) is 5.82 Å². The van der Waals surface area contributed by atoms with Gasteiger partial charge in [0.05, 0.1) is 25.1 Å². The number of morpholine rings is 1. The van der Waals surface area contributed by atoms with Crippen LogP contribution in [-0.2, 0) is 9.53 Å². The van der Waals surface area contributed by atoms with Crippen molar-refractivity contribution in [2.24, 2.45) is 0 Å². The molecule has 2 fully saturated rings. The number of carbonyl (C=O) groups excluding carboxylic acids is 1. The Labute approximate surface area is 171 Å². The van der Waals surface area contributed by atoms with Crippen molar-refractivity contribution >= 4 is 23.5 Å². The first-order valence-electron chi connectivity index (χ1n) is 10.1. The molecule has 0 bridgehead atoms. The highest BCUT2D eigenvalue weighted by Gasteiger charge is 2.21. The van der Waals surface area contributed by atoms with Crippen molar-refractivity contribution in [3.05, 3.63) is 53.7 Å². The van der Waals surface area contributed by atoms with E-state index < -0.39 is 0 Å². The average Bonchev–Trinajstić information content (AvgIpc) is 2.79. The summed E-state index contributed by atoms with van der Waals surface area (Å²) < 4.78 is 5.41. The van der Waals surface area contributed by atoms with Gasteiger partial charge in [-0.05, 0) is 24.1 Å². The van der Waals surface area contributed by atoms with Gasteiger partial charge in [0, 0.05) is 51.4 Å². The van der Waals surface area contributed by atoms with Gasteiger partial charge >= 0.3 is 0 Å². The van der Waals surface area contributed by atoms with Gasteiger partial charge in [-0.2, -0.15) is 5.10 Å². The Bertz CT molecular complexity index is 871. The Morgan fingerprint density at radius 1 is 1.03 bits per heavy atom. The third kappa shape index (κ3) is 4.74. The Morgan fingerprint density at radius 2 is 1.79 bits per heavy atom. The standard InChI is InChI=1S/C22H27N5O2/c1-18-4-2-3-5-19(18)6-7-22(28)27-10-8-25(9-11-27)20-16-21(24-23-17-20)26-12-14-29-15-13-26/h2-7,16-17H,8-15H2,1H3/b7-6+. The number of aromatic nitrogens is 2. The van der Waals surface area contributed by atoms with E-state index >= 15 is 0 Å². The summed E-state index contributed by atoms with van der Waals surface area (Å²) >= 11 is 0. The summed E-state index contributed by atoms with van der Waals surface area (Å²) in [5.41, 5.74) is 3.31. The number of hydrogen-bond donors (Lipinski definition) is 0. The first-order chi connectivity index (χ1) is 14.2. The zero-order valence-corrected chi connectivity index (χ0v) is 16.8. The number of benzene rings is 1. The highest BCUT2D eigenvalue weighted by Crippen LogP contribution is 2.21. The van der Waals surface area contributed by atoms with Crippen molar-refractivity contribution in [3.8, 4) is 0 Å². The highest BCUT2D eigenvalue weighted by atomic mass is 16.5. The second kappa shape index (κ2) is 9.05. The molecule has 0 saturated carbocycles. The molecular formula is C22H27N5O2. The maximum atomic E-state index is 12.6. The van der Waals surface area contributed by atoms with Gasteiger partial charge in [-0.3, -0.25) is 4.79 Å². The molecule has 1 amide bonds. The van der Waals surface area contributed by atoms with E-state index in [-0.39, 0.29) is 5.91 Å². The number of amides is 1. The van der Waals surface area contributed by atoms with Crippen LogP contribution in [0.3, 0.4) is 0 Å². The Morgan fingerprint density at radius 3 is 2.55 bits per heavy atom. The fourth-order valence-corrected chi connectivity index (χ4v) is 3.69. The fraction of sp³-hybridized carbons (Fsp3) is 0.409.